The van der Waals surface area contributed by atoms with E-state index in [2.05, 4.69) is 15.5 Å². The highest BCUT2D eigenvalue weighted by Gasteiger charge is 2.14. The van der Waals surface area contributed by atoms with E-state index in [-0.39, 0.29) is 10.9 Å². The number of carbonyl (C=O) groups is 1. The lowest BCUT2D eigenvalue weighted by molar-refractivity contribution is 0.102. The van der Waals surface area contributed by atoms with Crippen LogP contribution in [0, 0.1) is 6.92 Å². The van der Waals surface area contributed by atoms with Gasteiger partial charge in [-0.3, -0.25) is 4.79 Å². The molecule has 0 unspecified atom stereocenters. The summed E-state index contributed by atoms with van der Waals surface area (Å²) in [7, 11) is 0. The molecule has 0 saturated carbocycles. The number of nitrogens with zero attached hydrogens (tertiary/aromatic N) is 2. The first-order chi connectivity index (χ1) is 12.0. The van der Waals surface area contributed by atoms with Gasteiger partial charge in [-0.1, -0.05) is 64.4 Å². The van der Waals surface area contributed by atoms with Gasteiger partial charge in [-0.2, -0.15) is 0 Å². The highest BCUT2D eigenvalue weighted by Crippen LogP contribution is 2.26. The molecule has 0 bridgehead atoms. The maximum absolute atomic E-state index is 12.3. The van der Waals surface area contributed by atoms with Crippen molar-refractivity contribution in [2.75, 3.05) is 5.32 Å². The Bertz CT molecular complexity index is 936. The lowest BCUT2D eigenvalue weighted by Gasteiger charge is -2.02. The number of benzene rings is 2. The third-order valence-electron chi connectivity index (χ3n) is 3.28. The maximum atomic E-state index is 12.3. The zero-order valence-electron chi connectivity index (χ0n) is 13.2. The quantitative estimate of drug-likeness (QED) is 0.641. The molecule has 1 amide bonds. The van der Waals surface area contributed by atoms with Crippen molar-refractivity contribution in [3.8, 4) is 0 Å². The van der Waals surface area contributed by atoms with Gasteiger partial charge in [0.05, 0.1) is 5.03 Å². The molecule has 3 rings (SSSR count). The zero-order chi connectivity index (χ0) is 17.8. The number of aryl methyl sites for hydroxylation is 1. The molecule has 2 aromatic carbocycles. The van der Waals surface area contributed by atoms with Gasteiger partial charge >= 0.3 is 0 Å². The number of aromatic nitrogens is 2. The molecule has 3 aromatic rings. The van der Waals surface area contributed by atoms with Crippen molar-refractivity contribution in [1.29, 1.82) is 0 Å². The van der Waals surface area contributed by atoms with Crippen LogP contribution in [0.2, 0.25) is 5.02 Å². The summed E-state index contributed by atoms with van der Waals surface area (Å²) in [5.41, 5.74) is 2.67. The molecular formula is C18H13Cl2N3OS. The highest BCUT2D eigenvalue weighted by atomic mass is 35.5. The van der Waals surface area contributed by atoms with Crippen LogP contribution in [0.5, 0.6) is 0 Å². The lowest BCUT2D eigenvalue weighted by Crippen LogP contribution is -2.11. The van der Waals surface area contributed by atoms with Crippen molar-refractivity contribution in [2.45, 2.75) is 6.92 Å². The Labute approximate surface area is 159 Å². The molecule has 0 aliphatic carbocycles. The standard InChI is InChI=1S/C18H13Cl2N3OS/c1-11-5-7-14(8-6-11)21-16(24)18-23-22-17(25-18)15(20)10-12-3-2-4-13(19)9-12/h2-10H,1H3,(H,21,24)/b15-10-. The minimum Gasteiger partial charge on any atom is -0.320 e. The second-order valence-corrected chi connectivity index (χ2v) is 7.10. The molecule has 1 aromatic heterocycles. The zero-order valence-corrected chi connectivity index (χ0v) is 15.5. The van der Waals surface area contributed by atoms with Crippen molar-refractivity contribution in [2.24, 2.45) is 0 Å². The normalized spacial score (nSPS) is 11.4. The smallest absolute Gasteiger partial charge is 0.286 e. The summed E-state index contributed by atoms with van der Waals surface area (Å²) in [5, 5.41) is 12.4. The molecule has 0 saturated heterocycles. The van der Waals surface area contributed by atoms with Gasteiger partial charge < -0.3 is 5.32 Å². The predicted octanol–water partition coefficient (Wildman–Crippen LogP) is 5.49. The molecule has 4 nitrogen and oxygen atoms in total. The minimum absolute atomic E-state index is 0.244. The van der Waals surface area contributed by atoms with Crippen LogP contribution in [-0.4, -0.2) is 16.1 Å². The van der Waals surface area contributed by atoms with Gasteiger partial charge in [-0.25, -0.2) is 0 Å². The molecule has 0 spiro atoms. The van der Waals surface area contributed by atoms with E-state index >= 15 is 0 Å². The summed E-state index contributed by atoms with van der Waals surface area (Å²) in [5.74, 6) is -0.320. The molecule has 0 fully saturated rings. The monoisotopic (exact) mass is 389 g/mol. The first kappa shape index (κ1) is 17.6. The van der Waals surface area contributed by atoms with Crippen molar-refractivity contribution >= 4 is 57.2 Å². The van der Waals surface area contributed by atoms with Crippen LogP contribution in [0.25, 0.3) is 11.1 Å². The highest BCUT2D eigenvalue weighted by molar-refractivity contribution is 7.15. The van der Waals surface area contributed by atoms with Crippen LogP contribution < -0.4 is 5.32 Å². The Hall–Kier alpha value is -2.21. The number of anilines is 1. The molecule has 25 heavy (non-hydrogen) atoms. The first-order valence-corrected chi connectivity index (χ1v) is 8.93. The van der Waals surface area contributed by atoms with E-state index in [1.54, 1.807) is 18.2 Å². The van der Waals surface area contributed by atoms with Crippen LogP contribution in [0.1, 0.15) is 25.9 Å². The van der Waals surface area contributed by atoms with Gasteiger partial charge in [0.1, 0.15) is 0 Å². The molecule has 0 aliphatic rings. The van der Waals surface area contributed by atoms with Crippen LogP contribution in [0.15, 0.2) is 48.5 Å². The maximum Gasteiger partial charge on any atom is 0.286 e. The molecule has 0 radical (unpaired) electrons. The van der Waals surface area contributed by atoms with Gasteiger partial charge in [0, 0.05) is 10.7 Å². The summed E-state index contributed by atoms with van der Waals surface area (Å²) in [6.45, 7) is 1.98. The van der Waals surface area contributed by atoms with E-state index < -0.39 is 0 Å². The number of hydrogen-bond acceptors (Lipinski definition) is 4. The number of carbonyl (C=O) groups excluding carboxylic acids is 1. The summed E-state index contributed by atoms with van der Waals surface area (Å²) in [6.07, 6.45) is 1.73. The Kier molecular flexibility index (Phi) is 5.48. The van der Waals surface area contributed by atoms with Crippen LogP contribution in [-0.2, 0) is 0 Å². The van der Waals surface area contributed by atoms with E-state index in [0.29, 0.717) is 20.7 Å². The number of hydrogen-bond donors (Lipinski definition) is 1. The van der Waals surface area contributed by atoms with Crippen LogP contribution in [0.3, 0.4) is 0 Å². The third kappa shape index (κ3) is 4.66. The molecule has 1 N–H and O–H groups in total. The minimum atomic E-state index is -0.320. The fraction of sp³-hybridized carbons (Fsp3) is 0.0556. The summed E-state index contributed by atoms with van der Waals surface area (Å²) < 4.78 is 0. The number of nitrogens with one attached hydrogen (secondary N) is 1. The Morgan fingerprint density at radius 1 is 1.12 bits per heavy atom. The fourth-order valence-corrected chi connectivity index (χ4v) is 3.16. The molecule has 0 atom stereocenters. The molecule has 1 heterocycles. The topological polar surface area (TPSA) is 54.9 Å². The average molecular weight is 390 g/mol. The Balaban J connectivity index is 1.75. The van der Waals surface area contributed by atoms with E-state index in [9.17, 15) is 4.79 Å². The van der Waals surface area contributed by atoms with Gasteiger partial charge in [-0.05, 0) is 42.8 Å². The fourth-order valence-electron chi connectivity index (χ4n) is 2.04. The van der Waals surface area contributed by atoms with Crippen molar-refractivity contribution < 1.29 is 4.79 Å². The number of amides is 1. The van der Waals surface area contributed by atoms with Gasteiger partial charge in [0.2, 0.25) is 5.01 Å². The SMILES string of the molecule is Cc1ccc(NC(=O)c2nnc(/C(Cl)=C/c3cccc(Cl)c3)s2)cc1. The predicted molar refractivity (Wildman–Crippen MR) is 104 cm³/mol. The summed E-state index contributed by atoms with van der Waals surface area (Å²) >= 11 is 13.4. The van der Waals surface area contributed by atoms with E-state index in [4.69, 9.17) is 23.2 Å². The van der Waals surface area contributed by atoms with E-state index in [1.807, 2.05) is 43.3 Å². The molecule has 7 heteroatoms. The Morgan fingerprint density at radius 2 is 1.84 bits per heavy atom. The molecular weight excluding hydrogens is 377 g/mol. The molecule has 126 valence electrons. The second-order valence-electron chi connectivity index (χ2n) is 5.28. The first-order valence-electron chi connectivity index (χ1n) is 7.36. The lowest BCUT2D eigenvalue weighted by atomic mass is 10.2. The largest absolute Gasteiger partial charge is 0.320 e. The third-order valence-corrected chi connectivity index (χ3v) is 4.87. The van der Waals surface area contributed by atoms with Gasteiger partial charge in [0.15, 0.2) is 5.01 Å². The van der Waals surface area contributed by atoms with Crippen LogP contribution >= 0.6 is 34.5 Å². The Morgan fingerprint density at radius 3 is 2.56 bits per heavy atom. The summed E-state index contributed by atoms with van der Waals surface area (Å²) in [4.78, 5) is 12.3. The number of rotatable bonds is 4. The molecule has 0 aliphatic heterocycles. The van der Waals surface area contributed by atoms with E-state index in [0.717, 1.165) is 22.5 Å². The average Bonchev–Trinajstić information content (AvgIpc) is 3.07. The second kappa shape index (κ2) is 7.78. The summed E-state index contributed by atoms with van der Waals surface area (Å²) in [6, 6.07) is 14.8. The van der Waals surface area contributed by atoms with Gasteiger partial charge in [-0.15, -0.1) is 10.2 Å². The van der Waals surface area contributed by atoms with E-state index in [1.165, 1.54) is 0 Å². The van der Waals surface area contributed by atoms with Gasteiger partial charge in [0.25, 0.3) is 5.91 Å². The van der Waals surface area contributed by atoms with Crippen molar-refractivity contribution in [3.05, 3.63) is 74.7 Å². The van der Waals surface area contributed by atoms with Crippen LogP contribution in [0.4, 0.5) is 5.69 Å². The van der Waals surface area contributed by atoms with Crippen molar-refractivity contribution in [1.82, 2.24) is 10.2 Å². The van der Waals surface area contributed by atoms with Crippen molar-refractivity contribution in [3.63, 3.8) is 0 Å². The number of halogens is 2.